The predicted octanol–water partition coefficient (Wildman–Crippen LogP) is 3.46. The first-order valence-electron chi connectivity index (χ1n) is 7.47. The number of carbonyl (C=O) groups is 2. The zero-order valence-electron chi connectivity index (χ0n) is 13.6. The zero-order valence-corrected chi connectivity index (χ0v) is 14.3. The van der Waals surface area contributed by atoms with Crippen molar-refractivity contribution in [2.45, 2.75) is 20.0 Å². The molecule has 0 aliphatic rings. The molecule has 0 radical (unpaired) electrons. The quantitative estimate of drug-likeness (QED) is 0.792. The van der Waals surface area contributed by atoms with Crippen LogP contribution in [0.15, 0.2) is 36.5 Å². The number of amides is 1. The lowest BCUT2D eigenvalue weighted by atomic mass is 10.2. The fraction of sp³-hybridized carbons (Fsp3) is 0.235. The normalized spacial score (nSPS) is 11.5. The van der Waals surface area contributed by atoms with Crippen LogP contribution in [-0.4, -0.2) is 29.6 Å². The van der Waals surface area contributed by atoms with Crippen molar-refractivity contribution in [2.24, 2.45) is 0 Å². The second-order valence-electron chi connectivity index (χ2n) is 4.95. The Hall–Kier alpha value is -2.67. The van der Waals surface area contributed by atoms with Crippen molar-refractivity contribution in [1.82, 2.24) is 4.98 Å². The van der Waals surface area contributed by atoms with Crippen LogP contribution in [0.1, 0.15) is 24.2 Å². The number of aromatic nitrogens is 1. The van der Waals surface area contributed by atoms with Crippen molar-refractivity contribution in [3.8, 4) is 5.88 Å². The number of nitrogens with one attached hydrogen (secondary N) is 1. The van der Waals surface area contributed by atoms with Crippen LogP contribution in [0.25, 0.3) is 0 Å². The van der Waals surface area contributed by atoms with E-state index in [1.807, 2.05) is 0 Å². The van der Waals surface area contributed by atoms with Crippen molar-refractivity contribution in [2.75, 3.05) is 11.9 Å². The molecule has 1 unspecified atom stereocenters. The van der Waals surface area contributed by atoms with Gasteiger partial charge in [0.25, 0.3) is 5.91 Å². The number of hydrogen-bond donors (Lipinski definition) is 1. The summed E-state index contributed by atoms with van der Waals surface area (Å²) in [5.41, 5.74) is 0.330. The van der Waals surface area contributed by atoms with E-state index in [-0.39, 0.29) is 22.2 Å². The summed E-state index contributed by atoms with van der Waals surface area (Å²) in [5, 5.41) is 2.51. The number of hydrogen-bond acceptors (Lipinski definition) is 5. The summed E-state index contributed by atoms with van der Waals surface area (Å²) in [4.78, 5) is 28.3. The topological polar surface area (TPSA) is 77.5 Å². The monoisotopic (exact) mass is 366 g/mol. The molecule has 2 rings (SSSR count). The molecule has 25 heavy (non-hydrogen) atoms. The van der Waals surface area contributed by atoms with Crippen LogP contribution in [0, 0.1) is 5.82 Å². The number of nitrogens with zero attached hydrogens (tertiary/aromatic N) is 1. The molecule has 1 aromatic heterocycles. The van der Waals surface area contributed by atoms with E-state index in [1.165, 1.54) is 25.3 Å². The van der Waals surface area contributed by atoms with E-state index in [0.717, 1.165) is 12.1 Å². The van der Waals surface area contributed by atoms with Gasteiger partial charge in [0, 0.05) is 6.20 Å². The van der Waals surface area contributed by atoms with Crippen LogP contribution in [0.2, 0.25) is 5.02 Å². The smallest absolute Gasteiger partial charge is 0.344 e. The average molecular weight is 367 g/mol. The molecule has 6 nitrogen and oxygen atoms in total. The highest BCUT2D eigenvalue weighted by molar-refractivity contribution is 6.33. The van der Waals surface area contributed by atoms with Crippen LogP contribution in [-0.2, 0) is 9.53 Å². The molecule has 2 aromatic rings. The first-order valence-corrected chi connectivity index (χ1v) is 7.85. The van der Waals surface area contributed by atoms with E-state index in [2.05, 4.69) is 10.3 Å². The van der Waals surface area contributed by atoms with Crippen LogP contribution >= 0.6 is 11.6 Å². The van der Waals surface area contributed by atoms with E-state index in [1.54, 1.807) is 13.0 Å². The Morgan fingerprint density at radius 3 is 2.80 bits per heavy atom. The Balaban J connectivity index is 2.04. The van der Waals surface area contributed by atoms with E-state index in [9.17, 15) is 14.0 Å². The SMILES string of the molecule is CCOc1ncccc1C(=O)OC(C)C(=O)Nc1ccc(F)cc1Cl. The lowest BCUT2D eigenvalue weighted by Crippen LogP contribution is -2.30. The minimum absolute atomic E-state index is 0.0396. The number of benzene rings is 1. The first kappa shape index (κ1) is 18.7. The third-order valence-electron chi connectivity index (χ3n) is 3.11. The molecular weight excluding hydrogens is 351 g/mol. The predicted molar refractivity (Wildman–Crippen MR) is 90.3 cm³/mol. The van der Waals surface area contributed by atoms with Crippen molar-refractivity contribution < 1.29 is 23.5 Å². The second kappa shape index (κ2) is 8.43. The molecule has 0 bridgehead atoms. The van der Waals surface area contributed by atoms with E-state index >= 15 is 0 Å². The van der Waals surface area contributed by atoms with Gasteiger partial charge in [0.2, 0.25) is 5.88 Å². The highest BCUT2D eigenvalue weighted by atomic mass is 35.5. The fourth-order valence-electron chi connectivity index (χ4n) is 1.90. The van der Waals surface area contributed by atoms with Gasteiger partial charge in [-0.1, -0.05) is 11.6 Å². The highest BCUT2D eigenvalue weighted by Gasteiger charge is 2.22. The summed E-state index contributed by atoms with van der Waals surface area (Å²) in [5.74, 6) is -1.75. The Labute approximate surface area is 148 Å². The number of esters is 1. The van der Waals surface area contributed by atoms with E-state index < -0.39 is 23.8 Å². The molecule has 1 atom stereocenters. The van der Waals surface area contributed by atoms with Gasteiger partial charge < -0.3 is 14.8 Å². The Morgan fingerprint density at radius 2 is 2.12 bits per heavy atom. The summed E-state index contributed by atoms with van der Waals surface area (Å²) in [6.45, 7) is 3.49. The van der Waals surface area contributed by atoms with E-state index in [0.29, 0.717) is 6.61 Å². The van der Waals surface area contributed by atoms with Crippen molar-refractivity contribution in [3.05, 3.63) is 52.9 Å². The Morgan fingerprint density at radius 1 is 1.36 bits per heavy atom. The van der Waals surface area contributed by atoms with Crippen LogP contribution in [0.5, 0.6) is 5.88 Å². The number of rotatable bonds is 6. The third kappa shape index (κ3) is 4.90. The molecule has 0 saturated heterocycles. The van der Waals surface area contributed by atoms with Gasteiger partial charge in [0.15, 0.2) is 6.10 Å². The van der Waals surface area contributed by atoms with Gasteiger partial charge in [-0.2, -0.15) is 0 Å². The lowest BCUT2D eigenvalue weighted by Gasteiger charge is -2.15. The number of pyridine rings is 1. The van der Waals surface area contributed by atoms with Crippen molar-refractivity contribution >= 4 is 29.2 Å². The molecule has 0 saturated carbocycles. The molecule has 0 aliphatic carbocycles. The molecule has 132 valence electrons. The van der Waals surface area contributed by atoms with Gasteiger partial charge in [0.1, 0.15) is 11.4 Å². The maximum atomic E-state index is 13.0. The number of anilines is 1. The summed E-state index contributed by atoms with van der Waals surface area (Å²) in [7, 11) is 0. The first-order chi connectivity index (χ1) is 11.9. The molecule has 1 heterocycles. The van der Waals surface area contributed by atoms with Gasteiger partial charge in [-0.25, -0.2) is 14.2 Å². The summed E-state index contributed by atoms with van der Waals surface area (Å²) < 4.78 is 23.4. The standard InChI is InChI=1S/C17H16ClFN2O4/c1-3-24-16-12(5-4-8-20-16)17(23)25-10(2)15(22)21-14-7-6-11(19)9-13(14)18/h4-10H,3H2,1-2H3,(H,21,22). The van der Waals surface area contributed by atoms with Gasteiger partial charge in [-0.15, -0.1) is 0 Å². The molecule has 1 aromatic carbocycles. The van der Waals surface area contributed by atoms with Gasteiger partial charge in [-0.3, -0.25) is 4.79 Å². The van der Waals surface area contributed by atoms with Crippen LogP contribution in [0.3, 0.4) is 0 Å². The summed E-state index contributed by atoms with van der Waals surface area (Å²) >= 11 is 5.85. The van der Waals surface area contributed by atoms with Crippen molar-refractivity contribution in [3.63, 3.8) is 0 Å². The van der Waals surface area contributed by atoms with Gasteiger partial charge >= 0.3 is 5.97 Å². The van der Waals surface area contributed by atoms with Crippen LogP contribution in [0.4, 0.5) is 10.1 Å². The molecule has 8 heteroatoms. The zero-order chi connectivity index (χ0) is 18.4. The van der Waals surface area contributed by atoms with Gasteiger partial charge in [0.05, 0.1) is 17.3 Å². The minimum Gasteiger partial charge on any atom is -0.477 e. The molecule has 0 fully saturated rings. The summed E-state index contributed by atoms with van der Waals surface area (Å²) in [6.07, 6.45) is 0.373. The molecule has 1 amide bonds. The lowest BCUT2D eigenvalue weighted by molar-refractivity contribution is -0.123. The van der Waals surface area contributed by atoms with Crippen molar-refractivity contribution in [1.29, 1.82) is 0 Å². The van der Waals surface area contributed by atoms with Gasteiger partial charge in [-0.05, 0) is 44.2 Å². The average Bonchev–Trinajstić information content (AvgIpc) is 2.58. The molecule has 0 aliphatic heterocycles. The number of carbonyl (C=O) groups excluding carboxylic acids is 2. The minimum atomic E-state index is -1.11. The third-order valence-corrected chi connectivity index (χ3v) is 3.43. The highest BCUT2D eigenvalue weighted by Crippen LogP contribution is 2.23. The van der Waals surface area contributed by atoms with E-state index in [4.69, 9.17) is 21.1 Å². The Kier molecular flexibility index (Phi) is 6.30. The van der Waals surface area contributed by atoms with Crippen LogP contribution < -0.4 is 10.1 Å². The molecule has 0 spiro atoms. The fourth-order valence-corrected chi connectivity index (χ4v) is 2.12. The second-order valence-corrected chi connectivity index (χ2v) is 5.36. The Bertz CT molecular complexity index is 785. The molecular formula is C17H16ClFN2O4. The maximum absolute atomic E-state index is 13.0. The largest absolute Gasteiger partial charge is 0.477 e. The summed E-state index contributed by atoms with van der Waals surface area (Å²) in [6, 6.07) is 6.59. The number of ether oxygens (including phenoxy) is 2. The maximum Gasteiger partial charge on any atom is 0.344 e. The number of halogens is 2. The molecule has 1 N–H and O–H groups in total.